The summed E-state index contributed by atoms with van der Waals surface area (Å²) in [7, 11) is -1.99. The molecule has 0 bridgehead atoms. The zero-order valence-corrected chi connectivity index (χ0v) is 17.5. The predicted octanol–water partition coefficient (Wildman–Crippen LogP) is 2.86. The largest absolute Gasteiger partial charge is 0.350 e. The maximum Gasteiger partial charge on any atom is 0.262 e. The smallest absolute Gasteiger partial charge is 0.262 e. The van der Waals surface area contributed by atoms with Gasteiger partial charge < -0.3 is 10.6 Å². The van der Waals surface area contributed by atoms with E-state index in [4.69, 9.17) is 0 Å². The van der Waals surface area contributed by atoms with Crippen LogP contribution in [0.4, 0.5) is 5.69 Å². The van der Waals surface area contributed by atoms with E-state index in [9.17, 15) is 13.2 Å². The first-order chi connectivity index (χ1) is 12.2. The number of aryl methyl sites for hydroxylation is 2. The van der Waals surface area contributed by atoms with Gasteiger partial charge in [0.2, 0.25) is 0 Å². The van der Waals surface area contributed by atoms with Gasteiger partial charge in [-0.3, -0.25) is 9.52 Å². The Morgan fingerprint density at radius 3 is 2.44 bits per heavy atom. The number of sulfonamides is 1. The van der Waals surface area contributed by atoms with E-state index in [1.807, 2.05) is 27.0 Å². The molecular weight excluding hydrogens is 386 g/mol. The highest BCUT2D eigenvalue weighted by atomic mass is 35.5. The number of anilines is 1. The van der Waals surface area contributed by atoms with Gasteiger partial charge >= 0.3 is 0 Å². The number of halogens is 1. The molecule has 0 saturated carbocycles. The number of nitrogens with one attached hydrogen (secondary N) is 3. The lowest BCUT2D eigenvalue weighted by atomic mass is 10.1. The van der Waals surface area contributed by atoms with E-state index < -0.39 is 10.0 Å². The Labute approximate surface area is 167 Å². The second kappa shape index (κ2) is 9.73. The highest BCUT2D eigenvalue weighted by Crippen LogP contribution is 2.23. The molecule has 0 saturated heterocycles. The molecule has 1 amide bonds. The number of carbonyl (C=O) groups is 1. The Hall–Kier alpha value is -2.09. The molecule has 6 nitrogen and oxygen atoms in total. The predicted molar refractivity (Wildman–Crippen MR) is 111 cm³/mol. The summed E-state index contributed by atoms with van der Waals surface area (Å²) in [6.45, 7) is 5.96. The highest BCUT2D eigenvalue weighted by Gasteiger charge is 2.20. The molecule has 2 rings (SSSR count). The fraction of sp³-hybridized carbons (Fsp3) is 0.316. The number of rotatable bonds is 7. The van der Waals surface area contributed by atoms with Crippen LogP contribution in [0.5, 0.6) is 0 Å². The fourth-order valence-electron chi connectivity index (χ4n) is 2.41. The maximum absolute atomic E-state index is 12.8. The van der Waals surface area contributed by atoms with Gasteiger partial charge in [0.05, 0.1) is 16.1 Å². The first kappa shape index (κ1) is 23.0. The molecule has 8 heteroatoms. The lowest BCUT2D eigenvalue weighted by Gasteiger charge is -2.15. The highest BCUT2D eigenvalue weighted by molar-refractivity contribution is 7.92. The van der Waals surface area contributed by atoms with Gasteiger partial charge in [-0.2, -0.15) is 0 Å². The maximum atomic E-state index is 12.8. The molecule has 2 aromatic rings. The van der Waals surface area contributed by atoms with Gasteiger partial charge in [-0.1, -0.05) is 24.3 Å². The number of benzene rings is 2. The quantitative estimate of drug-likeness (QED) is 0.653. The van der Waals surface area contributed by atoms with Crippen molar-refractivity contribution < 1.29 is 13.2 Å². The van der Waals surface area contributed by atoms with E-state index in [0.29, 0.717) is 12.1 Å². The van der Waals surface area contributed by atoms with E-state index in [2.05, 4.69) is 15.4 Å². The Kier molecular flexibility index (Phi) is 8.27. The molecule has 2 aromatic carbocycles. The minimum absolute atomic E-state index is 0. The number of para-hydroxylation sites is 1. The second-order valence-electron chi connectivity index (χ2n) is 6.32. The van der Waals surface area contributed by atoms with Gasteiger partial charge in [-0.15, -0.1) is 12.4 Å². The van der Waals surface area contributed by atoms with Gasteiger partial charge in [0.25, 0.3) is 15.9 Å². The van der Waals surface area contributed by atoms with Crippen LogP contribution in [0, 0.1) is 13.8 Å². The average molecular weight is 412 g/mol. The van der Waals surface area contributed by atoms with Crippen molar-refractivity contribution in [1.29, 1.82) is 0 Å². The van der Waals surface area contributed by atoms with E-state index in [1.165, 1.54) is 0 Å². The topological polar surface area (TPSA) is 87.3 Å². The van der Waals surface area contributed by atoms with Crippen LogP contribution >= 0.6 is 12.4 Å². The van der Waals surface area contributed by atoms with Crippen molar-refractivity contribution in [3.8, 4) is 0 Å². The van der Waals surface area contributed by atoms with Crippen molar-refractivity contribution >= 4 is 34.0 Å². The van der Waals surface area contributed by atoms with Gasteiger partial charge in [0.1, 0.15) is 0 Å². The summed E-state index contributed by atoms with van der Waals surface area (Å²) in [5, 5.41) is 5.83. The molecule has 0 spiro atoms. The van der Waals surface area contributed by atoms with Crippen LogP contribution in [-0.4, -0.2) is 34.0 Å². The van der Waals surface area contributed by atoms with Crippen LogP contribution in [0.1, 0.15) is 28.4 Å². The van der Waals surface area contributed by atoms with Gasteiger partial charge in [0, 0.05) is 12.6 Å². The summed E-state index contributed by atoms with van der Waals surface area (Å²) in [4.78, 5) is 12.7. The third-order valence-corrected chi connectivity index (χ3v) is 5.62. The summed E-state index contributed by atoms with van der Waals surface area (Å²) < 4.78 is 28.2. The minimum Gasteiger partial charge on any atom is -0.350 e. The van der Waals surface area contributed by atoms with Crippen LogP contribution in [0.15, 0.2) is 47.4 Å². The summed E-state index contributed by atoms with van der Waals surface area (Å²) in [5.74, 6) is -0.327. The van der Waals surface area contributed by atoms with Crippen LogP contribution in [0.25, 0.3) is 0 Å². The lowest BCUT2D eigenvalue weighted by molar-refractivity contribution is 0.0951. The average Bonchev–Trinajstić information content (AvgIpc) is 2.61. The molecular formula is C19H26ClN3O3S. The molecule has 148 valence electrons. The van der Waals surface area contributed by atoms with Crippen LogP contribution < -0.4 is 15.4 Å². The summed E-state index contributed by atoms with van der Waals surface area (Å²) >= 11 is 0. The van der Waals surface area contributed by atoms with Gasteiger partial charge in [-0.05, 0) is 57.1 Å². The second-order valence-corrected chi connectivity index (χ2v) is 7.97. The SMILES string of the molecule is CNC(C)CNC(=O)c1ccccc1NS(=O)(=O)c1cc(C)ccc1C.Cl. The summed E-state index contributed by atoms with van der Waals surface area (Å²) in [6, 6.07) is 11.9. The Morgan fingerprint density at radius 1 is 1.11 bits per heavy atom. The fourth-order valence-corrected chi connectivity index (χ4v) is 3.82. The van der Waals surface area contributed by atoms with Crippen molar-refractivity contribution in [3.63, 3.8) is 0 Å². The third kappa shape index (κ3) is 5.95. The normalized spacial score (nSPS) is 12.0. The van der Waals surface area contributed by atoms with E-state index >= 15 is 0 Å². The van der Waals surface area contributed by atoms with Crippen molar-refractivity contribution in [2.75, 3.05) is 18.3 Å². The number of likely N-dealkylation sites (N-methyl/N-ethyl adjacent to an activating group) is 1. The molecule has 0 aliphatic carbocycles. The number of hydrogen-bond acceptors (Lipinski definition) is 4. The Balaban J connectivity index is 0.00000364. The third-order valence-electron chi connectivity index (χ3n) is 4.11. The van der Waals surface area contributed by atoms with Crippen LogP contribution in [0.3, 0.4) is 0 Å². The summed E-state index contributed by atoms with van der Waals surface area (Å²) in [5.41, 5.74) is 2.03. The standard InChI is InChI=1S/C19H25N3O3S.ClH/c1-13-9-10-14(2)18(11-13)26(24,25)22-17-8-6-5-7-16(17)19(23)21-12-15(3)20-4;/h5-11,15,20,22H,12H2,1-4H3,(H,21,23);1H. The number of amides is 1. The van der Waals surface area contributed by atoms with E-state index in [-0.39, 0.29) is 40.5 Å². The molecule has 1 unspecified atom stereocenters. The van der Waals surface area contributed by atoms with Crippen LogP contribution in [0.2, 0.25) is 0 Å². The first-order valence-corrected chi connectivity index (χ1v) is 9.87. The van der Waals surface area contributed by atoms with Gasteiger partial charge in [0.15, 0.2) is 0 Å². The molecule has 0 aliphatic heterocycles. The lowest BCUT2D eigenvalue weighted by Crippen LogP contribution is -2.37. The molecule has 3 N–H and O–H groups in total. The van der Waals surface area contributed by atoms with Crippen molar-refractivity contribution in [2.45, 2.75) is 31.7 Å². The van der Waals surface area contributed by atoms with Crippen molar-refractivity contribution in [1.82, 2.24) is 10.6 Å². The summed E-state index contributed by atoms with van der Waals surface area (Å²) in [6.07, 6.45) is 0. The molecule has 0 radical (unpaired) electrons. The zero-order chi connectivity index (χ0) is 19.3. The Morgan fingerprint density at radius 2 is 1.78 bits per heavy atom. The van der Waals surface area contributed by atoms with Gasteiger partial charge in [-0.25, -0.2) is 8.42 Å². The minimum atomic E-state index is -3.80. The van der Waals surface area contributed by atoms with Crippen molar-refractivity contribution in [2.24, 2.45) is 0 Å². The zero-order valence-electron chi connectivity index (χ0n) is 15.9. The van der Waals surface area contributed by atoms with E-state index in [0.717, 1.165) is 5.56 Å². The molecule has 0 aromatic heterocycles. The molecule has 1 atom stereocenters. The van der Waals surface area contributed by atoms with Crippen molar-refractivity contribution in [3.05, 3.63) is 59.2 Å². The Bertz CT molecular complexity index is 901. The van der Waals surface area contributed by atoms with Crippen LogP contribution in [-0.2, 0) is 10.0 Å². The molecule has 0 heterocycles. The van der Waals surface area contributed by atoms with E-state index in [1.54, 1.807) is 43.3 Å². The molecule has 0 fully saturated rings. The monoisotopic (exact) mass is 411 g/mol. The molecule has 27 heavy (non-hydrogen) atoms. The molecule has 0 aliphatic rings. The number of hydrogen-bond donors (Lipinski definition) is 3. The first-order valence-electron chi connectivity index (χ1n) is 8.39. The number of carbonyl (C=O) groups excluding carboxylic acids is 1.